The van der Waals surface area contributed by atoms with Gasteiger partial charge in [-0.3, -0.25) is 9.59 Å². The Bertz CT molecular complexity index is 667. The second-order valence-electron chi connectivity index (χ2n) is 5.08. The molecule has 0 saturated carbocycles. The number of nitrogens with two attached hydrogens (primary N) is 1. The lowest BCUT2D eigenvalue weighted by Crippen LogP contribution is -2.32. The van der Waals surface area contributed by atoms with Gasteiger partial charge in [0.25, 0.3) is 5.91 Å². The Kier molecular flexibility index (Phi) is 3.75. The van der Waals surface area contributed by atoms with E-state index >= 15 is 0 Å². The molecule has 4 nitrogen and oxygen atoms in total. The third-order valence-electron chi connectivity index (χ3n) is 3.81. The minimum Gasteiger partial charge on any atom is -0.366 e. The fraction of sp³-hybridized carbons (Fsp3) is 0.250. The van der Waals surface area contributed by atoms with Crippen LogP contribution in [0.4, 0.5) is 0 Å². The van der Waals surface area contributed by atoms with E-state index in [1.807, 2.05) is 16.3 Å². The zero-order valence-corrected chi connectivity index (χ0v) is 12.3. The van der Waals surface area contributed by atoms with Gasteiger partial charge in [0.05, 0.1) is 17.2 Å². The topological polar surface area (TPSA) is 63.4 Å². The summed E-state index contributed by atoms with van der Waals surface area (Å²) >= 11 is 1.66. The molecule has 0 spiro atoms. The van der Waals surface area contributed by atoms with Crippen molar-refractivity contribution in [3.8, 4) is 0 Å². The van der Waals surface area contributed by atoms with Crippen LogP contribution in [0.5, 0.6) is 0 Å². The molecule has 0 bridgehead atoms. The number of hydrogen-bond donors (Lipinski definition) is 1. The number of thiophene rings is 1. The van der Waals surface area contributed by atoms with Crippen molar-refractivity contribution >= 4 is 23.2 Å². The van der Waals surface area contributed by atoms with Gasteiger partial charge < -0.3 is 10.6 Å². The summed E-state index contributed by atoms with van der Waals surface area (Å²) in [5, 5.41) is 2.02. The predicted octanol–water partition coefficient (Wildman–Crippen LogP) is 2.82. The highest BCUT2D eigenvalue weighted by Gasteiger charge is 2.32. The van der Waals surface area contributed by atoms with E-state index in [0.717, 1.165) is 12.8 Å². The molecule has 1 atom stereocenters. The monoisotopic (exact) mass is 300 g/mol. The summed E-state index contributed by atoms with van der Waals surface area (Å²) in [6.07, 6.45) is 1.94. The molecule has 1 unspecified atom stereocenters. The van der Waals surface area contributed by atoms with E-state index < -0.39 is 5.91 Å². The summed E-state index contributed by atoms with van der Waals surface area (Å²) in [5.74, 6) is -0.675. The van der Waals surface area contributed by atoms with E-state index in [2.05, 4.69) is 6.07 Å². The number of likely N-dealkylation sites (tertiary alicyclic amines) is 1. The average Bonchev–Trinajstić information content (AvgIpc) is 3.16. The normalized spacial score (nSPS) is 17.9. The SMILES string of the molecule is NC(=O)c1ccccc1C(=O)N1CCCC1c1cccs1. The molecule has 2 aromatic rings. The summed E-state index contributed by atoms with van der Waals surface area (Å²) in [4.78, 5) is 27.4. The van der Waals surface area contributed by atoms with Gasteiger partial charge >= 0.3 is 0 Å². The Balaban J connectivity index is 1.93. The van der Waals surface area contributed by atoms with Crippen LogP contribution in [0.25, 0.3) is 0 Å². The lowest BCUT2D eigenvalue weighted by Gasteiger charge is -2.24. The molecule has 2 amide bonds. The Morgan fingerprint density at radius 2 is 1.90 bits per heavy atom. The molecular weight excluding hydrogens is 284 g/mol. The molecule has 1 aromatic heterocycles. The maximum atomic E-state index is 12.8. The number of primary amides is 1. The number of carbonyl (C=O) groups excluding carboxylic acids is 2. The smallest absolute Gasteiger partial charge is 0.255 e. The fourth-order valence-electron chi connectivity index (χ4n) is 2.83. The van der Waals surface area contributed by atoms with Crippen LogP contribution in [0.15, 0.2) is 41.8 Å². The standard InChI is InChI=1S/C16H16N2O2S/c17-15(19)11-5-1-2-6-12(11)16(20)18-9-3-7-13(18)14-8-4-10-21-14/h1-2,4-6,8,10,13H,3,7,9H2,(H2,17,19). The van der Waals surface area contributed by atoms with Crippen molar-refractivity contribution in [3.63, 3.8) is 0 Å². The number of amides is 2. The molecule has 5 heteroatoms. The quantitative estimate of drug-likeness (QED) is 0.947. The van der Waals surface area contributed by atoms with Crippen molar-refractivity contribution in [1.29, 1.82) is 0 Å². The largest absolute Gasteiger partial charge is 0.366 e. The molecule has 0 radical (unpaired) electrons. The van der Waals surface area contributed by atoms with Crippen molar-refractivity contribution in [2.75, 3.05) is 6.54 Å². The average molecular weight is 300 g/mol. The lowest BCUT2D eigenvalue weighted by atomic mass is 10.1. The highest BCUT2D eigenvalue weighted by atomic mass is 32.1. The molecule has 21 heavy (non-hydrogen) atoms. The second kappa shape index (κ2) is 5.69. The summed E-state index contributed by atoms with van der Waals surface area (Å²) in [7, 11) is 0. The molecule has 2 N–H and O–H groups in total. The summed E-state index contributed by atoms with van der Waals surface area (Å²) < 4.78 is 0. The van der Waals surface area contributed by atoms with Crippen LogP contribution in [-0.4, -0.2) is 23.3 Å². The maximum Gasteiger partial charge on any atom is 0.255 e. The van der Waals surface area contributed by atoms with Crippen LogP contribution < -0.4 is 5.73 Å². The minimum absolute atomic E-state index is 0.110. The van der Waals surface area contributed by atoms with E-state index in [4.69, 9.17) is 5.73 Å². The lowest BCUT2D eigenvalue weighted by molar-refractivity contribution is 0.0733. The Morgan fingerprint density at radius 1 is 1.14 bits per heavy atom. The van der Waals surface area contributed by atoms with Crippen LogP contribution >= 0.6 is 11.3 Å². The van der Waals surface area contributed by atoms with Crippen molar-refractivity contribution in [2.24, 2.45) is 5.73 Å². The maximum absolute atomic E-state index is 12.8. The van der Waals surface area contributed by atoms with Gasteiger partial charge in [-0.1, -0.05) is 18.2 Å². The summed E-state index contributed by atoms with van der Waals surface area (Å²) in [6.45, 7) is 0.717. The number of hydrogen-bond acceptors (Lipinski definition) is 3. The second-order valence-corrected chi connectivity index (χ2v) is 6.06. The Hall–Kier alpha value is -2.14. The molecule has 2 heterocycles. The molecule has 108 valence electrons. The first-order chi connectivity index (χ1) is 10.2. The van der Waals surface area contributed by atoms with Gasteiger partial charge in [-0.25, -0.2) is 0 Å². The predicted molar refractivity (Wildman–Crippen MR) is 82.3 cm³/mol. The van der Waals surface area contributed by atoms with E-state index in [1.54, 1.807) is 35.6 Å². The van der Waals surface area contributed by atoms with E-state index in [-0.39, 0.29) is 11.9 Å². The summed E-state index contributed by atoms with van der Waals surface area (Å²) in [5.41, 5.74) is 6.06. The molecular formula is C16H16N2O2S. The summed E-state index contributed by atoms with van der Waals surface area (Å²) in [6, 6.07) is 10.9. The molecule has 1 saturated heterocycles. The van der Waals surface area contributed by atoms with Crippen molar-refractivity contribution in [2.45, 2.75) is 18.9 Å². The molecule has 1 aromatic carbocycles. The molecule has 1 aliphatic heterocycles. The minimum atomic E-state index is -0.564. The Labute approximate surface area is 127 Å². The van der Waals surface area contributed by atoms with Crippen LogP contribution in [0.3, 0.4) is 0 Å². The van der Waals surface area contributed by atoms with Crippen LogP contribution in [0, 0.1) is 0 Å². The van der Waals surface area contributed by atoms with Crippen molar-refractivity contribution < 1.29 is 9.59 Å². The zero-order valence-electron chi connectivity index (χ0n) is 11.5. The van der Waals surface area contributed by atoms with Crippen LogP contribution in [0.1, 0.15) is 44.5 Å². The zero-order chi connectivity index (χ0) is 14.8. The van der Waals surface area contributed by atoms with E-state index in [9.17, 15) is 9.59 Å². The molecule has 1 fully saturated rings. The van der Waals surface area contributed by atoms with Crippen molar-refractivity contribution in [1.82, 2.24) is 4.90 Å². The van der Waals surface area contributed by atoms with Gasteiger partial charge in [0.15, 0.2) is 0 Å². The van der Waals surface area contributed by atoms with E-state index in [0.29, 0.717) is 17.7 Å². The first-order valence-electron chi connectivity index (χ1n) is 6.91. The van der Waals surface area contributed by atoms with Crippen molar-refractivity contribution in [3.05, 3.63) is 57.8 Å². The van der Waals surface area contributed by atoms with Gasteiger partial charge in [-0.05, 0) is 36.4 Å². The highest BCUT2D eigenvalue weighted by molar-refractivity contribution is 7.10. The number of benzene rings is 1. The van der Waals surface area contributed by atoms with Gasteiger partial charge in [0, 0.05) is 11.4 Å². The van der Waals surface area contributed by atoms with Gasteiger partial charge in [-0.15, -0.1) is 11.3 Å². The first-order valence-corrected chi connectivity index (χ1v) is 7.79. The number of nitrogens with zero attached hydrogens (tertiary/aromatic N) is 1. The van der Waals surface area contributed by atoms with Gasteiger partial charge in [-0.2, -0.15) is 0 Å². The van der Waals surface area contributed by atoms with Gasteiger partial charge in [0.2, 0.25) is 5.91 Å². The number of carbonyl (C=O) groups is 2. The third kappa shape index (κ3) is 2.56. The molecule has 3 rings (SSSR count). The Morgan fingerprint density at radius 3 is 2.57 bits per heavy atom. The number of rotatable bonds is 3. The first kappa shape index (κ1) is 13.8. The molecule has 1 aliphatic rings. The van der Waals surface area contributed by atoms with Crippen LogP contribution in [-0.2, 0) is 0 Å². The van der Waals surface area contributed by atoms with E-state index in [1.165, 1.54) is 4.88 Å². The van der Waals surface area contributed by atoms with Crippen LogP contribution in [0.2, 0.25) is 0 Å². The van der Waals surface area contributed by atoms with Gasteiger partial charge in [0.1, 0.15) is 0 Å². The fourth-order valence-corrected chi connectivity index (χ4v) is 3.70. The molecule has 0 aliphatic carbocycles. The highest BCUT2D eigenvalue weighted by Crippen LogP contribution is 2.35. The third-order valence-corrected chi connectivity index (χ3v) is 4.78.